The number of carbonyl (C=O) groups excluding carboxylic acids is 1. The first-order valence-electron chi connectivity index (χ1n) is 9.55. The molecule has 2 amide bonds. The molecule has 1 fully saturated rings. The third-order valence-corrected chi connectivity index (χ3v) is 5.26. The summed E-state index contributed by atoms with van der Waals surface area (Å²) in [5.74, 6) is 0.900. The van der Waals surface area contributed by atoms with Crippen LogP contribution in [0.1, 0.15) is 30.3 Å². The van der Waals surface area contributed by atoms with E-state index in [0.717, 1.165) is 42.0 Å². The Labute approximate surface area is 170 Å². The Morgan fingerprint density at radius 2 is 2.03 bits per heavy atom. The van der Waals surface area contributed by atoms with Gasteiger partial charge in [0.1, 0.15) is 11.6 Å². The summed E-state index contributed by atoms with van der Waals surface area (Å²) in [6.07, 6.45) is -2.36. The van der Waals surface area contributed by atoms with Crippen LogP contribution in [-0.4, -0.2) is 45.5 Å². The van der Waals surface area contributed by atoms with Gasteiger partial charge in [0.25, 0.3) is 0 Å². The number of hydrogen-bond acceptors (Lipinski definition) is 4. The number of para-hydroxylation sites is 2. The second-order valence-electron chi connectivity index (χ2n) is 7.39. The van der Waals surface area contributed by atoms with E-state index in [9.17, 15) is 18.0 Å². The van der Waals surface area contributed by atoms with Crippen LogP contribution in [0.3, 0.4) is 0 Å². The molecule has 0 unspecified atom stereocenters. The number of aromatic nitrogens is 3. The van der Waals surface area contributed by atoms with Crippen molar-refractivity contribution in [1.82, 2.24) is 25.2 Å². The molecule has 30 heavy (non-hydrogen) atoms. The molecule has 0 aliphatic carbocycles. The highest BCUT2D eigenvalue weighted by Gasteiger charge is 2.31. The molecule has 2 aromatic heterocycles. The molecule has 0 bridgehead atoms. The van der Waals surface area contributed by atoms with E-state index in [1.54, 1.807) is 0 Å². The quantitative estimate of drug-likeness (QED) is 0.602. The number of likely N-dealkylation sites (tertiary alicyclic amines) is 1. The van der Waals surface area contributed by atoms with E-state index >= 15 is 0 Å². The maximum atomic E-state index is 12.6. The average molecular weight is 418 g/mol. The summed E-state index contributed by atoms with van der Waals surface area (Å²) in [5.41, 5.74) is 0.988. The van der Waals surface area contributed by atoms with E-state index in [1.165, 1.54) is 0 Å². The number of alkyl halides is 3. The number of nitrogens with zero attached hydrogens (tertiary/aromatic N) is 3. The Kier molecular flexibility index (Phi) is 5.33. The predicted molar refractivity (Wildman–Crippen MR) is 106 cm³/mol. The lowest BCUT2D eigenvalue weighted by Gasteiger charge is -2.36. The van der Waals surface area contributed by atoms with Crippen molar-refractivity contribution < 1.29 is 18.0 Å². The number of hydrogen-bond donors (Lipinski definition) is 3. The third kappa shape index (κ3) is 4.38. The zero-order valence-electron chi connectivity index (χ0n) is 16.2. The number of pyridine rings is 1. The molecule has 10 heteroatoms. The zero-order valence-corrected chi connectivity index (χ0v) is 16.2. The summed E-state index contributed by atoms with van der Waals surface area (Å²) < 4.78 is 37.8. The summed E-state index contributed by atoms with van der Waals surface area (Å²) in [6.45, 7) is 0.769. The largest absolute Gasteiger partial charge is 0.417 e. The lowest BCUT2D eigenvalue weighted by atomic mass is 9.97. The van der Waals surface area contributed by atoms with Gasteiger partial charge in [0.15, 0.2) is 0 Å². The topological polar surface area (TPSA) is 85.9 Å². The first-order valence-corrected chi connectivity index (χ1v) is 9.55. The van der Waals surface area contributed by atoms with E-state index in [4.69, 9.17) is 0 Å². The lowest BCUT2D eigenvalue weighted by Crippen LogP contribution is -2.46. The molecular weight excluding hydrogens is 397 g/mol. The first kappa shape index (κ1) is 20.1. The fourth-order valence-corrected chi connectivity index (χ4v) is 3.64. The SMILES string of the molecule is CN1CC[C@@H](NC(=O)Nc2ccc(C(F)(F)F)cn2)C[C@@H]1c1nc2ccccc2[nH]1. The number of aromatic amines is 1. The fraction of sp³-hybridized carbons (Fsp3) is 0.350. The van der Waals surface area contributed by atoms with Crippen LogP contribution < -0.4 is 10.6 Å². The number of urea groups is 1. The van der Waals surface area contributed by atoms with Crippen molar-refractivity contribution >= 4 is 22.9 Å². The highest BCUT2D eigenvalue weighted by atomic mass is 19.4. The smallest absolute Gasteiger partial charge is 0.341 e. The highest BCUT2D eigenvalue weighted by Crippen LogP contribution is 2.30. The molecule has 3 aromatic rings. The maximum Gasteiger partial charge on any atom is 0.417 e. The second kappa shape index (κ2) is 7.94. The van der Waals surface area contributed by atoms with Crippen LogP contribution in [0.2, 0.25) is 0 Å². The Hall–Kier alpha value is -3.14. The van der Waals surface area contributed by atoms with Gasteiger partial charge in [-0.15, -0.1) is 0 Å². The minimum absolute atomic E-state index is 0.0145. The van der Waals surface area contributed by atoms with Crippen molar-refractivity contribution in [2.75, 3.05) is 18.9 Å². The molecule has 0 radical (unpaired) electrons. The molecule has 2 atom stereocenters. The van der Waals surface area contributed by atoms with Gasteiger partial charge in [-0.05, 0) is 44.2 Å². The number of fused-ring (bicyclic) bond motifs is 1. The van der Waals surface area contributed by atoms with Crippen molar-refractivity contribution in [3.63, 3.8) is 0 Å². The Morgan fingerprint density at radius 3 is 2.73 bits per heavy atom. The minimum Gasteiger partial charge on any atom is -0.341 e. The van der Waals surface area contributed by atoms with Gasteiger partial charge in [-0.25, -0.2) is 14.8 Å². The number of carbonyl (C=O) groups is 1. The van der Waals surface area contributed by atoms with Crippen LogP contribution in [0.4, 0.5) is 23.8 Å². The molecule has 4 rings (SSSR count). The molecule has 0 saturated carbocycles. The van der Waals surface area contributed by atoms with Gasteiger partial charge >= 0.3 is 12.2 Å². The Balaban J connectivity index is 1.39. The second-order valence-corrected chi connectivity index (χ2v) is 7.39. The van der Waals surface area contributed by atoms with Gasteiger partial charge in [0.2, 0.25) is 0 Å². The van der Waals surface area contributed by atoms with Crippen LogP contribution in [0, 0.1) is 0 Å². The number of nitrogens with one attached hydrogen (secondary N) is 3. The number of rotatable bonds is 3. The van der Waals surface area contributed by atoms with Crippen molar-refractivity contribution in [2.45, 2.75) is 31.1 Å². The molecule has 1 saturated heterocycles. The molecular formula is C20H21F3N6O. The van der Waals surface area contributed by atoms with Gasteiger partial charge in [-0.1, -0.05) is 12.1 Å². The number of halogens is 3. The summed E-state index contributed by atoms with van der Waals surface area (Å²) in [5, 5.41) is 5.38. The summed E-state index contributed by atoms with van der Waals surface area (Å²) >= 11 is 0. The van der Waals surface area contributed by atoms with Crippen LogP contribution >= 0.6 is 0 Å². The van der Waals surface area contributed by atoms with Crippen molar-refractivity contribution in [3.05, 3.63) is 54.0 Å². The number of anilines is 1. The van der Waals surface area contributed by atoms with Crippen molar-refractivity contribution in [3.8, 4) is 0 Å². The maximum absolute atomic E-state index is 12.6. The van der Waals surface area contributed by atoms with E-state index in [2.05, 4.69) is 30.5 Å². The predicted octanol–water partition coefficient (Wildman–Crippen LogP) is 3.93. The molecule has 0 spiro atoms. The minimum atomic E-state index is -4.46. The van der Waals surface area contributed by atoms with Crippen LogP contribution in [-0.2, 0) is 6.18 Å². The van der Waals surface area contributed by atoms with E-state index < -0.39 is 17.8 Å². The number of imidazole rings is 1. The van der Waals surface area contributed by atoms with Crippen molar-refractivity contribution in [2.24, 2.45) is 0 Å². The number of H-pyrrole nitrogens is 1. The molecule has 7 nitrogen and oxygen atoms in total. The Morgan fingerprint density at radius 1 is 1.23 bits per heavy atom. The molecule has 1 aliphatic rings. The number of amides is 2. The van der Waals surface area contributed by atoms with E-state index in [0.29, 0.717) is 12.6 Å². The lowest BCUT2D eigenvalue weighted by molar-refractivity contribution is -0.137. The highest BCUT2D eigenvalue weighted by molar-refractivity contribution is 5.88. The standard InChI is InChI=1S/C20H21F3N6O/c1-29-9-8-13(10-16(29)18-26-14-4-2-3-5-15(14)27-18)25-19(30)28-17-7-6-12(11-24-17)20(21,22)23/h2-7,11,13,16H,8-10H2,1H3,(H,26,27)(H2,24,25,28,30)/t13-,16-/m1/s1. The van der Waals surface area contributed by atoms with Gasteiger partial charge in [-0.3, -0.25) is 10.2 Å². The van der Waals surface area contributed by atoms with Gasteiger partial charge in [0, 0.05) is 18.8 Å². The average Bonchev–Trinajstić information content (AvgIpc) is 3.13. The van der Waals surface area contributed by atoms with Gasteiger partial charge in [-0.2, -0.15) is 13.2 Å². The third-order valence-electron chi connectivity index (χ3n) is 5.26. The first-order chi connectivity index (χ1) is 14.3. The molecule has 3 heterocycles. The van der Waals surface area contributed by atoms with Gasteiger partial charge < -0.3 is 10.3 Å². The van der Waals surface area contributed by atoms with Crippen LogP contribution in [0.25, 0.3) is 11.0 Å². The fourth-order valence-electron chi connectivity index (χ4n) is 3.64. The van der Waals surface area contributed by atoms with Crippen LogP contribution in [0.5, 0.6) is 0 Å². The Bertz CT molecular complexity index is 1000. The molecule has 3 N–H and O–H groups in total. The molecule has 158 valence electrons. The van der Waals surface area contributed by atoms with E-state index in [-0.39, 0.29) is 17.9 Å². The van der Waals surface area contributed by atoms with E-state index in [1.807, 2.05) is 31.3 Å². The number of benzene rings is 1. The normalized spacial score (nSPS) is 20.3. The number of piperidine rings is 1. The van der Waals surface area contributed by atoms with Crippen LogP contribution in [0.15, 0.2) is 42.6 Å². The molecule has 1 aliphatic heterocycles. The van der Waals surface area contributed by atoms with Crippen molar-refractivity contribution in [1.29, 1.82) is 0 Å². The summed E-state index contributed by atoms with van der Waals surface area (Å²) in [7, 11) is 2.01. The van der Waals surface area contributed by atoms with Gasteiger partial charge in [0.05, 0.1) is 22.6 Å². The molecule has 1 aromatic carbocycles. The summed E-state index contributed by atoms with van der Waals surface area (Å²) in [6, 6.07) is 9.22. The monoisotopic (exact) mass is 418 g/mol. The zero-order chi connectivity index (χ0) is 21.3. The summed E-state index contributed by atoms with van der Waals surface area (Å²) in [4.78, 5) is 26.2.